The van der Waals surface area contributed by atoms with Crippen LogP contribution in [0.25, 0.3) is 0 Å². The number of hydrogen-bond donors (Lipinski definition) is 1. The SMILES string of the molecule is CC1=CC=C([C@]23CNCC2C3)C2CC12. The Bertz CT molecular complexity index is 365. The molecule has 74 valence electrons. The highest BCUT2D eigenvalue weighted by atomic mass is 15.0. The first-order chi connectivity index (χ1) is 6.81. The molecule has 3 unspecified atom stereocenters. The molecule has 1 saturated heterocycles. The van der Waals surface area contributed by atoms with E-state index in [1.807, 2.05) is 5.57 Å². The van der Waals surface area contributed by atoms with Gasteiger partial charge >= 0.3 is 0 Å². The van der Waals surface area contributed by atoms with Crippen molar-refractivity contribution in [2.24, 2.45) is 23.2 Å². The fourth-order valence-electron chi connectivity index (χ4n) is 3.84. The fraction of sp³-hybridized carbons (Fsp3) is 0.692. The van der Waals surface area contributed by atoms with E-state index in [4.69, 9.17) is 0 Å². The van der Waals surface area contributed by atoms with E-state index in [2.05, 4.69) is 24.4 Å². The van der Waals surface area contributed by atoms with Gasteiger partial charge in [-0.25, -0.2) is 0 Å². The summed E-state index contributed by atoms with van der Waals surface area (Å²) < 4.78 is 0. The molecule has 4 atom stereocenters. The molecule has 0 amide bonds. The highest BCUT2D eigenvalue weighted by Crippen LogP contribution is 2.67. The minimum Gasteiger partial charge on any atom is -0.316 e. The summed E-state index contributed by atoms with van der Waals surface area (Å²) in [4.78, 5) is 0. The van der Waals surface area contributed by atoms with E-state index in [0.29, 0.717) is 5.41 Å². The maximum absolute atomic E-state index is 3.55. The Morgan fingerprint density at radius 3 is 3.00 bits per heavy atom. The zero-order chi connectivity index (χ0) is 9.34. The van der Waals surface area contributed by atoms with Crippen LogP contribution >= 0.6 is 0 Å². The maximum Gasteiger partial charge on any atom is 0.00868 e. The summed E-state index contributed by atoms with van der Waals surface area (Å²) in [6.07, 6.45) is 7.76. The van der Waals surface area contributed by atoms with E-state index in [1.165, 1.54) is 25.9 Å². The van der Waals surface area contributed by atoms with Crippen LogP contribution in [-0.2, 0) is 0 Å². The third kappa shape index (κ3) is 0.762. The van der Waals surface area contributed by atoms with Crippen molar-refractivity contribution < 1.29 is 0 Å². The van der Waals surface area contributed by atoms with Gasteiger partial charge in [-0.15, -0.1) is 0 Å². The molecule has 14 heavy (non-hydrogen) atoms. The van der Waals surface area contributed by atoms with Gasteiger partial charge in [-0.3, -0.25) is 0 Å². The van der Waals surface area contributed by atoms with Gasteiger partial charge in [-0.05, 0) is 44.1 Å². The molecule has 3 fully saturated rings. The van der Waals surface area contributed by atoms with Crippen LogP contribution in [0.15, 0.2) is 23.3 Å². The molecular formula is C13H17N. The Kier molecular flexibility index (Phi) is 1.19. The molecule has 0 radical (unpaired) electrons. The molecule has 1 aliphatic heterocycles. The number of fused-ring (bicyclic) bond motifs is 2. The smallest absolute Gasteiger partial charge is 0.00868 e. The number of allylic oxidation sites excluding steroid dienone is 3. The molecule has 1 nitrogen and oxygen atoms in total. The largest absolute Gasteiger partial charge is 0.316 e. The monoisotopic (exact) mass is 187 g/mol. The molecular weight excluding hydrogens is 170 g/mol. The van der Waals surface area contributed by atoms with Gasteiger partial charge in [0, 0.05) is 12.0 Å². The summed E-state index contributed by atoms with van der Waals surface area (Å²) in [6.45, 7) is 4.84. The normalized spacial score (nSPS) is 53.1. The maximum atomic E-state index is 3.55. The molecule has 1 heterocycles. The molecule has 0 aromatic rings. The van der Waals surface area contributed by atoms with E-state index < -0.39 is 0 Å². The molecule has 3 aliphatic carbocycles. The van der Waals surface area contributed by atoms with Crippen molar-refractivity contribution >= 4 is 0 Å². The van der Waals surface area contributed by atoms with Crippen molar-refractivity contribution in [3.05, 3.63) is 23.3 Å². The zero-order valence-electron chi connectivity index (χ0n) is 8.72. The molecule has 0 aromatic carbocycles. The lowest BCUT2D eigenvalue weighted by molar-refractivity contribution is 0.560. The van der Waals surface area contributed by atoms with Gasteiger partial charge < -0.3 is 5.32 Å². The lowest BCUT2D eigenvalue weighted by atomic mass is 9.86. The van der Waals surface area contributed by atoms with Crippen molar-refractivity contribution in [1.82, 2.24) is 5.32 Å². The van der Waals surface area contributed by atoms with E-state index in [9.17, 15) is 0 Å². The Hall–Kier alpha value is -0.560. The van der Waals surface area contributed by atoms with Crippen molar-refractivity contribution in [2.75, 3.05) is 13.1 Å². The molecule has 4 rings (SSSR count). The van der Waals surface area contributed by atoms with Crippen molar-refractivity contribution in [1.29, 1.82) is 0 Å². The van der Waals surface area contributed by atoms with Crippen LogP contribution in [0.3, 0.4) is 0 Å². The first-order valence-electron chi connectivity index (χ1n) is 5.91. The third-order valence-electron chi connectivity index (χ3n) is 4.94. The molecule has 0 aromatic heterocycles. The lowest BCUT2D eigenvalue weighted by Gasteiger charge is -2.19. The van der Waals surface area contributed by atoms with E-state index in [-0.39, 0.29) is 0 Å². The van der Waals surface area contributed by atoms with Gasteiger partial charge in [0.2, 0.25) is 0 Å². The van der Waals surface area contributed by atoms with Crippen LogP contribution in [0.5, 0.6) is 0 Å². The van der Waals surface area contributed by atoms with Crippen LogP contribution in [0.2, 0.25) is 0 Å². The summed E-state index contributed by atoms with van der Waals surface area (Å²) in [5, 5.41) is 3.55. The second-order valence-electron chi connectivity index (χ2n) is 5.67. The predicted molar refractivity (Wildman–Crippen MR) is 56.8 cm³/mol. The average Bonchev–Trinajstić information content (AvgIpc) is 3.07. The Morgan fingerprint density at radius 1 is 1.36 bits per heavy atom. The van der Waals surface area contributed by atoms with Gasteiger partial charge in [-0.1, -0.05) is 23.3 Å². The Balaban J connectivity index is 1.73. The topological polar surface area (TPSA) is 12.0 Å². The van der Waals surface area contributed by atoms with Gasteiger partial charge in [0.25, 0.3) is 0 Å². The molecule has 1 heteroatoms. The van der Waals surface area contributed by atoms with Crippen LogP contribution in [0, 0.1) is 23.2 Å². The summed E-state index contributed by atoms with van der Waals surface area (Å²) in [5.41, 5.74) is 4.07. The number of hydrogen-bond acceptors (Lipinski definition) is 1. The summed E-state index contributed by atoms with van der Waals surface area (Å²) in [7, 11) is 0. The van der Waals surface area contributed by atoms with E-state index in [0.717, 1.165) is 17.8 Å². The Labute approximate surface area is 85.3 Å². The van der Waals surface area contributed by atoms with Crippen LogP contribution in [-0.4, -0.2) is 13.1 Å². The fourth-order valence-corrected chi connectivity index (χ4v) is 3.84. The van der Waals surface area contributed by atoms with E-state index in [1.54, 1.807) is 5.57 Å². The second-order valence-corrected chi connectivity index (χ2v) is 5.67. The first kappa shape index (κ1) is 7.70. The molecule has 0 bridgehead atoms. The zero-order valence-corrected chi connectivity index (χ0v) is 8.72. The number of piperidine rings is 1. The highest BCUT2D eigenvalue weighted by molar-refractivity contribution is 5.43. The van der Waals surface area contributed by atoms with Crippen molar-refractivity contribution in [3.63, 3.8) is 0 Å². The average molecular weight is 187 g/mol. The third-order valence-corrected chi connectivity index (χ3v) is 4.94. The van der Waals surface area contributed by atoms with Crippen LogP contribution in [0.4, 0.5) is 0 Å². The van der Waals surface area contributed by atoms with Crippen molar-refractivity contribution in [2.45, 2.75) is 19.8 Å². The van der Waals surface area contributed by atoms with Crippen LogP contribution < -0.4 is 5.32 Å². The summed E-state index contributed by atoms with van der Waals surface area (Å²) in [5.74, 6) is 2.87. The number of rotatable bonds is 1. The quantitative estimate of drug-likeness (QED) is 0.663. The summed E-state index contributed by atoms with van der Waals surface area (Å²) >= 11 is 0. The lowest BCUT2D eigenvalue weighted by Crippen LogP contribution is -2.19. The van der Waals surface area contributed by atoms with Gasteiger partial charge in [0.1, 0.15) is 0 Å². The minimum atomic E-state index is 0.636. The minimum absolute atomic E-state index is 0.636. The van der Waals surface area contributed by atoms with Gasteiger partial charge in [-0.2, -0.15) is 0 Å². The Morgan fingerprint density at radius 2 is 2.29 bits per heavy atom. The summed E-state index contributed by atoms with van der Waals surface area (Å²) in [6, 6.07) is 0. The molecule has 2 saturated carbocycles. The predicted octanol–water partition coefficient (Wildman–Crippen LogP) is 2.12. The highest BCUT2D eigenvalue weighted by Gasteiger charge is 2.63. The van der Waals surface area contributed by atoms with Crippen molar-refractivity contribution in [3.8, 4) is 0 Å². The molecule has 0 spiro atoms. The second kappa shape index (κ2) is 2.16. The van der Waals surface area contributed by atoms with Crippen LogP contribution in [0.1, 0.15) is 19.8 Å². The standard InChI is InChI=1S/C13H17N/c1-8-2-3-12(11-4-10(8)11)13-5-9(13)6-14-7-13/h2-3,9-11,14H,4-7H2,1H3/t9?,10?,11?,13-/m1/s1. The molecule has 4 aliphatic rings. The van der Waals surface area contributed by atoms with Gasteiger partial charge in [0.05, 0.1) is 0 Å². The van der Waals surface area contributed by atoms with E-state index >= 15 is 0 Å². The number of nitrogens with one attached hydrogen (secondary N) is 1. The van der Waals surface area contributed by atoms with Gasteiger partial charge in [0.15, 0.2) is 0 Å². The first-order valence-corrected chi connectivity index (χ1v) is 5.91. The molecule has 1 N–H and O–H groups in total.